The standard InChI is InChI=1S/C14H21NO2/c1-4-10-17-13(16)15-14(2,3)11-12-8-6-5-7-9-12/h5-9H,4,10-11H2,1-3H3,(H,15,16). The normalized spacial score (nSPS) is 11.0. The van der Waals surface area contributed by atoms with Crippen molar-refractivity contribution in [1.29, 1.82) is 0 Å². The van der Waals surface area contributed by atoms with Crippen molar-refractivity contribution in [2.45, 2.75) is 39.2 Å². The monoisotopic (exact) mass is 235 g/mol. The molecule has 1 aromatic rings. The zero-order valence-electron chi connectivity index (χ0n) is 10.8. The molecule has 94 valence electrons. The molecule has 3 heteroatoms. The summed E-state index contributed by atoms with van der Waals surface area (Å²) in [5, 5.41) is 2.88. The Hall–Kier alpha value is -1.51. The predicted octanol–water partition coefficient (Wildman–Crippen LogP) is 3.14. The molecule has 1 N–H and O–H groups in total. The van der Waals surface area contributed by atoms with Gasteiger partial charge in [-0.3, -0.25) is 0 Å². The summed E-state index contributed by atoms with van der Waals surface area (Å²) in [5.74, 6) is 0. The van der Waals surface area contributed by atoms with Gasteiger partial charge >= 0.3 is 6.09 Å². The molecule has 0 aliphatic rings. The number of amides is 1. The van der Waals surface area contributed by atoms with E-state index in [1.54, 1.807) is 0 Å². The number of carbonyl (C=O) groups is 1. The zero-order valence-corrected chi connectivity index (χ0v) is 10.8. The number of alkyl carbamates (subject to hydrolysis) is 1. The Bertz CT molecular complexity index is 346. The summed E-state index contributed by atoms with van der Waals surface area (Å²) >= 11 is 0. The Morgan fingerprint density at radius 1 is 1.29 bits per heavy atom. The van der Waals surface area contributed by atoms with Crippen LogP contribution in [-0.2, 0) is 11.2 Å². The highest BCUT2D eigenvalue weighted by Gasteiger charge is 2.21. The highest BCUT2D eigenvalue weighted by atomic mass is 16.5. The molecule has 0 atom stereocenters. The van der Waals surface area contributed by atoms with Crippen molar-refractivity contribution in [2.24, 2.45) is 0 Å². The van der Waals surface area contributed by atoms with Crippen molar-refractivity contribution in [2.75, 3.05) is 6.61 Å². The number of hydrogen-bond acceptors (Lipinski definition) is 2. The Labute approximate surface area is 103 Å². The molecule has 1 rings (SSSR count). The molecule has 0 fully saturated rings. The second kappa shape index (κ2) is 6.28. The van der Waals surface area contributed by atoms with E-state index in [2.05, 4.69) is 17.4 Å². The van der Waals surface area contributed by atoms with Crippen molar-refractivity contribution in [3.05, 3.63) is 35.9 Å². The Kier molecular flexibility index (Phi) is 5.01. The fraction of sp³-hybridized carbons (Fsp3) is 0.500. The van der Waals surface area contributed by atoms with Gasteiger partial charge in [0, 0.05) is 5.54 Å². The molecule has 0 heterocycles. The maximum atomic E-state index is 11.5. The van der Waals surface area contributed by atoms with Crippen LogP contribution in [0, 0.1) is 0 Å². The van der Waals surface area contributed by atoms with Gasteiger partial charge in [0.2, 0.25) is 0 Å². The van der Waals surface area contributed by atoms with Crippen molar-refractivity contribution < 1.29 is 9.53 Å². The fourth-order valence-corrected chi connectivity index (χ4v) is 1.66. The molecular weight excluding hydrogens is 214 g/mol. The third-order valence-corrected chi connectivity index (χ3v) is 2.37. The fourth-order valence-electron chi connectivity index (χ4n) is 1.66. The summed E-state index contributed by atoms with van der Waals surface area (Å²) in [7, 11) is 0. The first kappa shape index (κ1) is 13.6. The second-order valence-electron chi connectivity index (χ2n) is 4.81. The van der Waals surface area contributed by atoms with E-state index in [1.807, 2.05) is 39.0 Å². The maximum Gasteiger partial charge on any atom is 0.407 e. The quantitative estimate of drug-likeness (QED) is 0.851. The summed E-state index contributed by atoms with van der Waals surface area (Å²) in [6.07, 6.45) is 1.29. The molecule has 0 unspecified atom stereocenters. The van der Waals surface area contributed by atoms with E-state index in [0.717, 1.165) is 12.8 Å². The van der Waals surface area contributed by atoms with Gasteiger partial charge in [0.25, 0.3) is 0 Å². The third kappa shape index (κ3) is 5.38. The molecule has 0 saturated carbocycles. The molecule has 0 aliphatic heterocycles. The molecule has 17 heavy (non-hydrogen) atoms. The summed E-state index contributed by atoms with van der Waals surface area (Å²) < 4.78 is 5.01. The Balaban J connectivity index is 2.48. The van der Waals surface area contributed by atoms with Crippen LogP contribution in [0.5, 0.6) is 0 Å². The summed E-state index contributed by atoms with van der Waals surface area (Å²) in [4.78, 5) is 11.5. The second-order valence-corrected chi connectivity index (χ2v) is 4.81. The van der Waals surface area contributed by atoms with Crippen LogP contribution >= 0.6 is 0 Å². The molecule has 1 aromatic carbocycles. The van der Waals surface area contributed by atoms with Gasteiger partial charge in [-0.1, -0.05) is 37.3 Å². The Morgan fingerprint density at radius 3 is 2.53 bits per heavy atom. The van der Waals surface area contributed by atoms with Crippen LogP contribution in [0.15, 0.2) is 30.3 Å². The van der Waals surface area contributed by atoms with Crippen LogP contribution in [0.3, 0.4) is 0 Å². The third-order valence-electron chi connectivity index (χ3n) is 2.37. The first-order valence-electron chi connectivity index (χ1n) is 6.02. The lowest BCUT2D eigenvalue weighted by molar-refractivity contribution is 0.136. The minimum atomic E-state index is -0.340. The number of rotatable bonds is 5. The summed E-state index contributed by atoms with van der Waals surface area (Å²) in [5.41, 5.74) is 0.903. The van der Waals surface area contributed by atoms with Gasteiger partial charge in [-0.25, -0.2) is 4.79 Å². The van der Waals surface area contributed by atoms with E-state index >= 15 is 0 Å². The molecule has 0 spiro atoms. The maximum absolute atomic E-state index is 11.5. The number of ether oxygens (including phenoxy) is 1. The average molecular weight is 235 g/mol. The topological polar surface area (TPSA) is 38.3 Å². The summed E-state index contributed by atoms with van der Waals surface area (Å²) in [6.45, 7) is 6.43. The first-order valence-corrected chi connectivity index (χ1v) is 6.02. The van der Waals surface area contributed by atoms with Crippen LogP contribution in [0.1, 0.15) is 32.8 Å². The molecule has 0 radical (unpaired) electrons. The zero-order chi connectivity index (χ0) is 12.7. The van der Waals surface area contributed by atoms with Gasteiger partial charge < -0.3 is 10.1 Å². The SMILES string of the molecule is CCCOC(=O)NC(C)(C)Cc1ccccc1. The van der Waals surface area contributed by atoms with E-state index in [1.165, 1.54) is 5.56 Å². The van der Waals surface area contributed by atoms with Gasteiger partial charge in [0.1, 0.15) is 0 Å². The van der Waals surface area contributed by atoms with Crippen LogP contribution in [0.2, 0.25) is 0 Å². The lowest BCUT2D eigenvalue weighted by Gasteiger charge is -2.25. The van der Waals surface area contributed by atoms with Gasteiger partial charge in [-0.2, -0.15) is 0 Å². The minimum Gasteiger partial charge on any atom is -0.450 e. The first-order chi connectivity index (χ1) is 8.03. The number of nitrogens with one attached hydrogen (secondary N) is 1. The van der Waals surface area contributed by atoms with Crippen LogP contribution < -0.4 is 5.32 Å². The van der Waals surface area contributed by atoms with Gasteiger partial charge in [0.15, 0.2) is 0 Å². The van der Waals surface area contributed by atoms with E-state index in [4.69, 9.17) is 4.74 Å². The van der Waals surface area contributed by atoms with E-state index < -0.39 is 0 Å². The highest BCUT2D eigenvalue weighted by molar-refractivity contribution is 5.68. The van der Waals surface area contributed by atoms with Crippen LogP contribution in [-0.4, -0.2) is 18.2 Å². The lowest BCUT2D eigenvalue weighted by atomic mass is 9.95. The molecular formula is C14H21NO2. The van der Waals surface area contributed by atoms with E-state index in [9.17, 15) is 4.79 Å². The van der Waals surface area contributed by atoms with Gasteiger partial charge in [-0.15, -0.1) is 0 Å². The molecule has 0 aliphatic carbocycles. The summed E-state index contributed by atoms with van der Waals surface area (Å²) in [6, 6.07) is 10.1. The number of benzene rings is 1. The smallest absolute Gasteiger partial charge is 0.407 e. The number of hydrogen-bond donors (Lipinski definition) is 1. The van der Waals surface area contributed by atoms with E-state index in [-0.39, 0.29) is 11.6 Å². The predicted molar refractivity (Wildman–Crippen MR) is 69.0 cm³/mol. The largest absolute Gasteiger partial charge is 0.450 e. The van der Waals surface area contributed by atoms with Gasteiger partial charge in [0.05, 0.1) is 6.61 Å². The lowest BCUT2D eigenvalue weighted by Crippen LogP contribution is -2.45. The van der Waals surface area contributed by atoms with Crippen molar-refractivity contribution >= 4 is 6.09 Å². The minimum absolute atomic E-state index is 0.299. The highest BCUT2D eigenvalue weighted by Crippen LogP contribution is 2.12. The van der Waals surface area contributed by atoms with Crippen molar-refractivity contribution in [3.63, 3.8) is 0 Å². The van der Waals surface area contributed by atoms with Crippen LogP contribution in [0.4, 0.5) is 4.79 Å². The molecule has 0 bridgehead atoms. The number of carbonyl (C=O) groups excluding carboxylic acids is 1. The van der Waals surface area contributed by atoms with Crippen molar-refractivity contribution in [1.82, 2.24) is 5.32 Å². The van der Waals surface area contributed by atoms with Crippen molar-refractivity contribution in [3.8, 4) is 0 Å². The molecule has 3 nitrogen and oxygen atoms in total. The Morgan fingerprint density at radius 2 is 1.94 bits per heavy atom. The molecule has 0 aromatic heterocycles. The van der Waals surface area contributed by atoms with Gasteiger partial charge in [-0.05, 0) is 32.3 Å². The van der Waals surface area contributed by atoms with Crippen LogP contribution in [0.25, 0.3) is 0 Å². The average Bonchev–Trinajstić information content (AvgIpc) is 2.26. The molecule has 1 amide bonds. The molecule has 0 saturated heterocycles. The van der Waals surface area contributed by atoms with E-state index in [0.29, 0.717) is 6.61 Å².